The number of halogens is 3. The molecule has 1 aromatic heterocycles. The predicted molar refractivity (Wildman–Crippen MR) is 91.2 cm³/mol. The Balaban J connectivity index is 2.26. The lowest BCUT2D eigenvalue weighted by Crippen LogP contribution is -2.22. The number of carbonyl (C=O) groups is 1. The van der Waals surface area contributed by atoms with Crippen LogP contribution in [0.5, 0.6) is 0 Å². The Hall–Kier alpha value is -2.88. The Kier molecular flexibility index (Phi) is 5.98. The van der Waals surface area contributed by atoms with Crippen molar-refractivity contribution in [3.63, 3.8) is 0 Å². The summed E-state index contributed by atoms with van der Waals surface area (Å²) in [6, 6.07) is 6.65. The van der Waals surface area contributed by atoms with Crippen LogP contribution in [0.1, 0.15) is 19.5 Å². The molecule has 0 aliphatic rings. The molecule has 0 aliphatic carbocycles. The molecule has 0 spiro atoms. The summed E-state index contributed by atoms with van der Waals surface area (Å²) in [5.41, 5.74) is -0.0783. The van der Waals surface area contributed by atoms with Crippen LogP contribution in [-0.4, -0.2) is 33.6 Å². The molecule has 2 rings (SSSR count). The highest BCUT2D eigenvalue weighted by molar-refractivity contribution is 5.88. The molecule has 0 radical (unpaired) electrons. The number of rotatable bonds is 6. The van der Waals surface area contributed by atoms with Gasteiger partial charge in [0.2, 0.25) is 11.9 Å². The number of hydrogen-bond donors (Lipinski definition) is 4. The number of aromatic nitrogens is 2. The van der Waals surface area contributed by atoms with E-state index in [1.54, 1.807) is 31.2 Å². The van der Waals surface area contributed by atoms with Gasteiger partial charge in [0.05, 0.1) is 6.61 Å². The minimum atomic E-state index is -4.65. The van der Waals surface area contributed by atoms with Crippen LogP contribution in [0.15, 0.2) is 30.3 Å². The van der Waals surface area contributed by atoms with Crippen LogP contribution in [0.3, 0.4) is 0 Å². The Labute approximate surface area is 147 Å². The number of benzene rings is 1. The van der Waals surface area contributed by atoms with Gasteiger partial charge in [-0.3, -0.25) is 4.79 Å². The summed E-state index contributed by atoms with van der Waals surface area (Å²) in [5, 5.41) is 17.0. The Morgan fingerprint density at radius 2 is 1.81 bits per heavy atom. The largest absolute Gasteiger partial charge is 0.433 e. The molecule has 0 fully saturated rings. The van der Waals surface area contributed by atoms with Gasteiger partial charge in [0.1, 0.15) is 5.82 Å². The Morgan fingerprint density at radius 3 is 2.35 bits per heavy atom. The highest BCUT2D eigenvalue weighted by Crippen LogP contribution is 2.30. The van der Waals surface area contributed by atoms with E-state index in [2.05, 4.69) is 25.9 Å². The van der Waals surface area contributed by atoms with Crippen LogP contribution < -0.4 is 16.0 Å². The number of nitrogens with one attached hydrogen (secondary N) is 3. The van der Waals surface area contributed by atoms with E-state index in [0.717, 1.165) is 6.07 Å². The predicted octanol–water partition coefficient (Wildman–Crippen LogP) is 2.99. The SMILES string of the molecule is CC(=O)Nc1ccc(Nc2cc(C(F)(F)F)nc(N[C@H](C)CO)n2)cc1. The van der Waals surface area contributed by atoms with E-state index in [1.807, 2.05) is 0 Å². The lowest BCUT2D eigenvalue weighted by Gasteiger charge is -2.15. The van der Waals surface area contributed by atoms with Crippen LogP contribution in [-0.2, 0) is 11.0 Å². The van der Waals surface area contributed by atoms with Gasteiger partial charge < -0.3 is 21.1 Å². The van der Waals surface area contributed by atoms with Crippen molar-refractivity contribution in [2.24, 2.45) is 0 Å². The zero-order chi connectivity index (χ0) is 19.3. The van der Waals surface area contributed by atoms with E-state index < -0.39 is 17.9 Å². The van der Waals surface area contributed by atoms with Gasteiger partial charge in [-0.25, -0.2) is 4.98 Å². The quantitative estimate of drug-likeness (QED) is 0.625. The number of amides is 1. The number of hydrogen-bond acceptors (Lipinski definition) is 6. The van der Waals surface area contributed by atoms with Gasteiger partial charge in [-0.2, -0.15) is 18.2 Å². The highest BCUT2D eigenvalue weighted by atomic mass is 19.4. The lowest BCUT2D eigenvalue weighted by molar-refractivity contribution is -0.141. The third-order valence-electron chi connectivity index (χ3n) is 3.14. The second-order valence-electron chi connectivity index (χ2n) is 5.57. The van der Waals surface area contributed by atoms with E-state index in [0.29, 0.717) is 11.4 Å². The molecule has 0 aliphatic heterocycles. The molecule has 0 saturated heterocycles. The molecule has 4 N–H and O–H groups in total. The standard InChI is InChI=1S/C16H18F3N5O2/c1-9(8-25)20-15-23-13(16(17,18)19)7-14(24-15)22-12-5-3-11(4-6-12)21-10(2)26/h3-7,9,25H,8H2,1-2H3,(H,21,26)(H2,20,22,23,24)/t9-/m1/s1. The summed E-state index contributed by atoms with van der Waals surface area (Å²) in [6.07, 6.45) is -4.65. The van der Waals surface area contributed by atoms with Crippen molar-refractivity contribution in [2.75, 3.05) is 22.6 Å². The molecule has 10 heteroatoms. The van der Waals surface area contributed by atoms with Gasteiger partial charge in [-0.15, -0.1) is 0 Å². The molecule has 1 heterocycles. The van der Waals surface area contributed by atoms with Gasteiger partial charge in [-0.05, 0) is 31.2 Å². The van der Waals surface area contributed by atoms with Crippen molar-refractivity contribution in [1.29, 1.82) is 0 Å². The zero-order valence-corrected chi connectivity index (χ0v) is 14.1. The van der Waals surface area contributed by atoms with Crippen LogP contribution in [0.4, 0.5) is 36.3 Å². The molecule has 26 heavy (non-hydrogen) atoms. The molecular formula is C16H18F3N5O2. The molecule has 140 valence electrons. The van der Waals surface area contributed by atoms with Crippen LogP contribution in [0, 0.1) is 0 Å². The van der Waals surface area contributed by atoms with E-state index in [4.69, 9.17) is 5.11 Å². The highest BCUT2D eigenvalue weighted by Gasteiger charge is 2.34. The summed E-state index contributed by atoms with van der Waals surface area (Å²) in [5.74, 6) is -0.545. The van der Waals surface area contributed by atoms with Crippen molar-refractivity contribution in [1.82, 2.24) is 9.97 Å². The smallest absolute Gasteiger partial charge is 0.394 e. The fraction of sp³-hybridized carbons (Fsp3) is 0.312. The molecule has 1 aromatic carbocycles. The summed E-state index contributed by atoms with van der Waals surface area (Å²) in [4.78, 5) is 18.4. The molecule has 0 saturated carbocycles. The van der Waals surface area contributed by atoms with E-state index >= 15 is 0 Å². The molecule has 0 bridgehead atoms. The summed E-state index contributed by atoms with van der Waals surface area (Å²) >= 11 is 0. The first-order valence-corrected chi connectivity index (χ1v) is 7.65. The molecule has 0 unspecified atom stereocenters. The number of nitrogens with zero attached hydrogens (tertiary/aromatic N) is 2. The second-order valence-corrected chi connectivity index (χ2v) is 5.57. The van der Waals surface area contributed by atoms with E-state index in [-0.39, 0.29) is 24.3 Å². The summed E-state index contributed by atoms with van der Waals surface area (Å²) in [7, 11) is 0. The third-order valence-corrected chi connectivity index (χ3v) is 3.14. The van der Waals surface area contributed by atoms with Crippen LogP contribution >= 0.6 is 0 Å². The monoisotopic (exact) mass is 369 g/mol. The lowest BCUT2D eigenvalue weighted by atomic mass is 10.2. The maximum absolute atomic E-state index is 13.0. The molecule has 2 aromatic rings. The summed E-state index contributed by atoms with van der Waals surface area (Å²) < 4.78 is 39.1. The van der Waals surface area contributed by atoms with Crippen molar-refractivity contribution < 1.29 is 23.1 Å². The van der Waals surface area contributed by atoms with Gasteiger partial charge in [0.25, 0.3) is 0 Å². The van der Waals surface area contributed by atoms with Gasteiger partial charge in [-0.1, -0.05) is 0 Å². The Morgan fingerprint density at radius 1 is 1.19 bits per heavy atom. The van der Waals surface area contributed by atoms with Crippen LogP contribution in [0.2, 0.25) is 0 Å². The van der Waals surface area contributed by atoms with Crippen molar-refractivity contribution in [3.8, 4) is 0 Å². The maximum atomic E-state index is 13.0. The average molecular weight is 369 g/mol. The topological polar surface area (TPSA) is 99.2 Å². The van der Waals surface area contributed by atoms with Gasteiger partial charge in [0, 0.05) is 30.4 Å². The molecule has 1 atom stereocenters. The number of anilines is 4. The molecule has 1 amide bonds. The number of aliphatic hydroxyl groups excluding tert-OH is 1. The third kappa shape index (κ3) is 5.59. The number of alkyl halides is 3. The minimum Gasteiger partial charge on any atom is -0.394 e. The molecular weight excluding hydrogens is 351 g/mol. The van der Waals surface area contributed by atoms with E-state index in [9.17, 15) is 18.0 Å². The fourth-order valence-corrected chi connectivity index (χ4v) is 1.98. The zero-order valence-electron chi connectivity index (χ0n) is 14.1. The first-order chi connectivity index (χ1) is 12.2. The van der Waals surface area contributed by atoms with Crippen molar-refractivity contribution in [2.45, 2.75) is 26.1 Å². The van der Waals surface area contributed by atoms with Crippen molar-refractivity contribution in [3.05, 3.63) is 36.0 Å². The summed E-state index contributed by atoms with van der Waals surface area (Å²) in [6.45, 7) is 2.66. The van der Waals surface area contributed by atoms with Gasteiger partial charge >= 0.3 is 6.18 Å². The maximum Gasteiger partial charge on any atom is 0.433 e. The molecule has 7 nitrogen and oxygen atoms in total. The first-order valence-electron chi connectivity index (χ1n) is 7.65. The van der Waals surface area contributed by atoms with E-state index in [1.165, 1.54) is 6.92 Å². The normalized spacial score (nSPS) is 12.4. The number of carbonyl (C=O) groups excluding carboxylic acids is 1. The first kappa shape index (κ1) is 19.4. The number of aliphatic hydroxyl groups is 1. The van der Waals surface area contributed by atoms with Crippen LogP contribution in [0.25, 0.3) is 0 Å². The van der Waals surface area contributed by atoms with Crippen molar-refractivity contribution >= 4 is 29.0 Å². The fourth-order valence-electron chi connectivity index (χ4n) is 1.98. The average Bonchev–Trinajstić information content (AvgIpc) is 2.55. The Bertz CT molecular complexity index is 765. The van der Waals surface area contributed by atoms with Gasteiger partial charge in [0.15, 0.2) is 5.69 Å². The second kappa shape index (κ2) is 8.00. The minimum absolute atomic E-state index is 0.0627.